The second kappa shape index (κ2) is 23.9. The summed E-state index contributed by atoms with van der Waals surface area (Å²) in [6.07, 6.45) is 17.3. The fourth-order valence-electron chi connectivity index (χ4n) is 1.11. The summed E-state index contributed by atoms with van der Waals surface area (Å²) in [5, 5.41) is 0. The van der Waals surface area contributed by atoms with E-state index in [1.54, 1.807) is 49.1 Å². The molecule has 4 rings (SSSR count). The molecule has 0 spiro atoms. The fourth-order valence-corrected chi connectivity index (χ4v) is 1.11. The van der Waals surface area contributed by atoms with Crippen molar-refractivity contribution in [2.24, 2.45) is 0 Å². The monoisotopic (exact) mass is 577 g/mol. The molecule has 0 fully saturated rings. The van der Waals surface area contributed by atoms with Crippen molar-refractivity contribution in [3.63, 3.8) is 0 Å². The van der Waals surface area contributed by atoms with Gasteiger partial charge in [0.05, 0.1) is 0 Å². The third-order valence-electron chi connectivity index (χ3n) is 2.07. The fraction of sp³-hybridized carbons (Fsp3) is 0. The first-order valence-corrected chi connectivity index (χ1v) is 13.0. The minimum atomic E-state index is -0.472. The minimum Gasteiger partial charge on any atom is -0.394 e. The molecule has 0 saturated carbocycles. The maximum atomic E-state index is 4.88. The minimum absolute atomic E-state index is 0.472. The van der Waals surface area contributed by atoms with Gasteiger partial charge in [-0.1, -0.05) is 49.6 Å². The number of rotatable bonds is 0. The zero-order chi connectivity index (χ0) is 19.7. The number of hydrogen-bond donors (Lipinski definition) is 0. The topological polar surface area (TPSA) is 51.6 Å². The quantitative estimate of drug-likeness (QED) is 0.279. The van der Waals surface area contributed by atoms with Crippen molar-refractivity contribution in [1.82, 2.24) is 19.9 Å². The summed E-state index contributed by atoms with van der Waals surface area (Å²) in [6.45, 7) is 0. The van der Waals surface area contributed by atoms with Gasteiger partial charge in [0.2, 0.25) is 0 Å². The van der Waals surface area contributed by atoms with Crippen molar-refractivity contribution < 1.29 is 16.5 Å². The van der Waals surface area contributed by atoms with Crippen LogP contribution in [-0.2, 0) is 16.5 Å². The summed E-state index contributed by atoms with van der Waals surface area (Å²) in [5.74, 6) is 0. The van der Waals surface area contributed by atoms with Crippen molar-refractivity contribution in [2.45, 2.75) is 0 Å². The average Bonchev–Trinajstić information content (AvgIpc) is 2.80. The standard InChI is InChI=1S/4C5H4N.2ClH.Pt/c4*1-2-4-6-5-3-1;;;/h4*1-4H;2*1H;/q4*-1;;;+2/p-2. The average molecular weight is 578 g/mol. The van der Waals surface area contributed by atoms with Gasteiger partial charge in [0.25, 0.3) is 0 Å². The third-order valence-corrected chi connectivity index (χ3v) is 2.07. The van der Waals surface area contributed by atoms with Crippen LogP contribution >= 0.6 is 18.8 Å². The van der Waals surface area contributed by atoms with Crippen molar-refractivity contribution in [3.8, 4) is 0 Å². The zero-order valence-corrected chi connectivity index (χ0v) is 17.9. The number of halogens is 2. The first kappa shape index (κ1) is 24.9. The number of aromatic nitrogens is 4. The van der Waals surface area contributed by atoms with E-state index in [9.17, 15) is 0 Å². The summed E-state index contributed by atoms with van der Waals surface area (Å²) in [6, 6.07) is 22.0. The summed E-state index contributed by atoms with van der Waals surface area (Å²) in [7, 11) is 9.75. The predicted octanol–water partition coefficient (Wildman–Crippen LogP) is 4.90. The Morgan fingerprint density at radius 1 is 0.444 bits per heavy atom. The second-order valence-corrected chi connectivity index (χ2v) is 7.16. The SMILES string of the molecule is [Cl][Pt][Cl].[c-]1ccccn1.[c-]1ccccn1.[c-]1ccccn1.[c-]1ccccn1. The molecule has 0 amide bonds. The molecule has 0 atom stereocenters. The van der Waals surface area contributed by atoms with E-state index in [0.29, 0.717) is 0 Å². The van der Waals surface area contributed by atoms with Gasteiger partial charge in [-0.2, -0.15) is 72.8 Å². The molecule has 4 aromatic rings. The van der Waals surface area contributed by atoms with Crippen LogP contribution in [-0.4, -0.2) is 19.9 Å². The van der Waals surface area contributed by atoms with E-state index in [4.69, 9.17) is 18.8 Å². The van der Waals surface area contributed by atoms with Gasteiger partial charge >= 0.3 is 35.3 Å². The predicted molar refractivity (Wildman–Crippen MR) is 104 cm³/mol. The molecule has 0 aromatic carbocycles. The summed E-state index contributed by atoms with van der Waals surface area (Å²) >= 11 is -0.472. The van der Waals surface area contributed by atoms with E-state index >= 15 is 0 Å². The largest absolute Gasteiger partial charge is 0.394 e. The molecule has 0 aliphatic heterocycles. The van der Waals surface area contributed by atoms with Gasteiger partial charge in [-0.15, -0.1) is 0 Å². The molecule has 0 radical (unpaired) electrons. The van der Waals surface area contributed by atoms with E-state index in [1.807, 2.05) is 48.5 Å². The molecule has 0 aliphatic rings. The van der Waals surface area contributed by atoms with Gasteiger partial charge < -0.3 is 19.9 Å². The molecule has 0 aliphatic carbocycles. The van der Waals surface area contributed by atoms with Crippen LogP contribution in [0.4, 0.5) is 0 Å². The first-order chi connectivity index (χ1) is 13.4. The van der Waals surface area contributed by atoms with Crippen LogP contribution in [0.25, 0.3) is 0 Å². The molecule has 27 heavy (non-hydrogen) atoms. The van der Waals surface area contributed by atoms with Gasteiger partial charge in [-0.25, -0.2) is 0 Å². The molecule has 0 saturated heterocycles. The number of hydrogen-bond acceptors (Lipinski definition) is 4. The normalized spacial score (nSPS) is 7.93. The Hall–Kier alpha value is -2.13. The van der Waals surface area contributed by atoms with Crippen molar-refractivity contribution >= 4 is 18.8 Å². The van der Waals surface area contributed by atoms with Crippen LogP contribution < -0.4 is 0 Å². The van der Waals surface area contributed by atoms with E-state index in [1.165, 1.54) is 0 Å². The van der Waals surface area contributed by atoms with Gasteiger partial charge in [0.15, 0.2) is 0 Å². The maximum absolute atomic E-state index is 4.88. The molecule has 144 valence electrons. The summed E-state index contributed by atoms with van der Waals surface area (Å²) in [4.78, 5) is 14.6. The van der Waals surface area contributed by atoms with Crippen molar-refractivity contribution in [3.05, 3.63) is 122 Å². The molecular formula is C20H16Cl2N4Pt-4. The van der Waals surface area contributed by atoms with Crippen LogP contribution in [0.2, 0.25) is 0 Å². The number of nitrogens with zero attached hydrogens (tertiary/aromatic N) is 4. The molecular weight excluding hydrogens is 562 g/mol. The van der Waals surface area contributed by atoms with Gasteiger partial charge in [0, 0.05) is 0 Å². The smallest absolute Gasteiger partial charge is 0.0813 e. The van der Waals surface area contributed by atoms with E-state index < -0.39 is 16.5 Å². The summed E-state index contributed by atoms with van der Waals surface area (Å²) < 4.78 is 0. The Labute approximate surface area is 177 Å². The van der Waals surface area contributed by atoms with Crippen LogP contribution in [0, 0.1) is 24.8 Å². The van der Waals surface area contributed by atoms with Gasteiger partial charge in [0.1, 0.15) is 0 Å². The van der Waals surface area contributed by atoms with E-state index in [2.05, 4.69) is 44.7 Å². The molecule has 0 unspecified atom stereocenters. The third kappa shape index (κ3) is 23.9. The maximum Gasteiger partial charge on any atom is -0.0813 e. The van der Waals surface area contributed by atoms with Gasteiger partial charge in [-0.3, -0.25) is 0 Å². The second-order valence-electron chi connectivity index (χ2n) is 3.88. The molecule has 0 N–H and O–H groups in total. The van der Waals surface area contributed by atoms with Crippen molar-refractivity contribution in [2.75, 3.05) is 0 Å². The van der Waals surface area contributed by atoms with Crippen LogP contribution in [0.3, 0.4) is 0 Å². The molecule has 0 bridgehead atoms. The Morgan fingerprint density at radius 3 is 0.704 bits per heavy atom. The molecule has 4 aromatic heterocycles. The summed E-state index contributed by atoms with van der Waals surface area (Å²) in [5.41, 5.74) is 0. The molecule has 4 nitrogen and oxygen atoms in total. The van der Waals surface area contributed by atoms with Crippen LogP contribution in [0.15, 0.2) is 97.6 Å². The van der Waals surface area contributed by atoms with E-state index in [0.717, 1.165) is 0 Å². The Balaban J connectivity index is 0.000000319. The Morgan fingerprint density at radius 2 is 0.667 bits per heavy atom. The Kier molecular flexibility index (Phi) is 22.0. The van der Waals surface area contributed by atoms with E-state index in [-0.39, 0.29) is 0 Å². The molecule has 4 heterocycles. The zero-order valence-electron chi connectivity index (χ0n) is 14.1. The Bertz CT molecular complexity index is 461. The number of pyridine rings is 4. The molecule has 7 heteroatoms. The first-order valence-electron chi connectivity index (χ1n) is 7.32. The van der Waals surface area contributed by atoms with Crippen molar-refractivity contribution in [1.29, 1.82) is 0 Å². The van der Waals surface area contributed by atoms with Gasteiger partial charge in [-0.05, 0) is 0 Å². The van der Waals surface area contributed by atoms with Crippen LogP contribution in [0.1, 0.15) is 0 Å². The van der Waals surface area contributed by atoms with Crippen LogP contribution in [0.5, 0.6) is 0 Å².